The standard InChI is InChI=1S/C26H37NO5/c1-7-8-17-16(3)14-25(4)13-15(2)9-11-19(25)26(17,5)23(31)21-22(30)18(10-12-20(28)29)27(6)24(21)32/h7-8,14-15,17-19,31H,9-13H2,1-6H3,(H,28,29)/b8-7+,23-21-. The highest BCUT2D eigenvalue weighted by molar-refractivity contribution is 6.26. The normalized spacial score (nSPS) is 39.3. The summed E-state index contributed by atoms with van der Waals surface area (Å²) in [6.07, 6.45) is 9.15. The maximum Gasteiger partial charge on any atom is 0.303 e. The maximum absolute atomic E-state index is 13.3. The van der Waals surface area contributed by atoms with Gasteiger partial charge in [0.1, 0.15) is 11.3 Å². The summed E-state index contributed by atoms with van der Waals surface area (Å²) in [5.41, 5.74) is 0.0427. The van der Waals surface area contributed by atoms with Gasteiger partial charge in [0, 0.05) is 24.8 Å². The summed E-state index contributed by atoms with van der Waals surface area (Å²) in [4.78, 5) is 38.8. The number of rotatable bonds is 5. The average Bonchev–Trinajstić information content (AvgIpc) is 2.90. The molecule has 6 unspecified atom stereocenters. The molecule has 0 bridgehead atoms. The Bertz CT molecular complexity index is 915. The van der Waals surface area contributed by atoms with Gasteiger partial charge in [-0.05, 0) is 50.4 Å². The van der Waals surface area contributed by atoms with Crippen molar-refractivity contribution < 1.29 is 24.6 Å². The average molecular weight is 444 g/mol. The molecule has 1 amide bonds. The SMILES string of the molecule is C/C=C/C1C(C)=CC2(C)CC(C)CCC2C1(C)/C(O)=C1\C(=O)C(CCC(=O)O)N(C)C1=O. The molecule has 176 valence electrons. The van der Waals surface area contributed by atoms with Crippen molar-refractivity contribution in [2.24, 2.45) is 28.6 Å². The zero-order valence-corrected chi connectivity index (χ0v) is 20.1. The third-order valence-electron chi connectivity index (χ3n) is 8.26. The lowest BCUT2D eigenvalue weighted by atomic mass is 9.47. The van der Waals surface area contributed by atoms with Gasteiger partial charge in [-0.2, -0.15) is 0 Å². The molecule has 1 saturated heterocycles. The Morgan fingerprint density at radius 2 is 1.91 bits per heavy atom. The number of allylic oxidation sites excluding steroid dienone is 5. The van der Waals surface area contributed by atoms with Crippen LogP contribution in [0.1, 0.15) is 66.7 Å². The topological polar surface area (TPSA) is 94.9 Å². The summed E-state index contributed by atoms with van der Waals surface area (Å²) in [5, 5.41) is 20.8. The van der Waals surface area contributed by atoms with Gasteiger partial charge >= 0.3 is 5.97 Å². The highest BCUT2D eigenvalue weighted by Gasteiger charge is 2.58. The van der Waals surface area contributed by atoms with Gasteiger partial charge in [0.25, 0.3) is 5.91 Å². The van der Waals surface area contributed by atoms with Gasteiger partial charge in [-0.3, -0.25) is 14.4 Å². The molecule has 2 fully saturated rings. The first-order chi connectivity index (χ1) is 14.9. The van der Waals surface area contributed by atoms with Gasteiger partial charge in [-0.25, -0.2) is 0 Å². The Balaban J connectivity index is 2.16. The molecule has 3 rings (SSSR count). The number of likely N-dealkylation sites (tertiary alicyclic amines) is 1. The number of carbonyl (C=O) groups excluding carboxylic acids is 2. The Labute approximate surface area is 191 Å². The molecule has 1 aliphatic heterocycles. The number of ketones is 1. The van der Waals surface area contributed by atoms with E-state index < -0.39 is 29.1 Å². The Morgan fingerprint density at radius 1 is 1.25 bits per heavy atom. The molecule has 32 heavy (non-hydrogen) atoms. The fraction of sp³-hybridized carbons (Fsp3) is 0.654. The molecule has 1 saturated carbocycles. The third-order valence-corrected chi connectivity index (χ3v) is 8.26. The smallest absolute Gasteiger partial charge is 0.303 e. The number of carboxylic acid groups (broad SMARTS) is 1. The minimum absolute atomic E-state index is 0.0414. The van der Waals surface area contributed by atoms with Crippen LogP contribution in [0.3, 0.4) is 0 Å². The number of Topliss-reactive ketones (excluding diaryl/α,β-unsaturated/α-hetero) is 1. The predicted octanol–water partition coefficient (Wildman–Crippen LogP) is 4.67. The molecule has 6 nitrogen and oxygen atoms in total. The summed E-state index contributed by atoms with van der Waals surface area (Å²) in [7, 11) is 1.51. The van der Waals surface area contributed by atoms with Crippen molar-refractivity contribution in [3.8, 4) is 0 Å². The quantitative estimate of drug-likeness (QED) is 0.279. The number of hydrogen-bond donors (Lipinski definition) is 2. The zero-order chi connectivity index (χ0) is 24.0. The van der Waals surface area contributed by atoms with Crippen LogP contribution in [-0.2, 0) is 14.4 Å². The molecular formula is C26H37NO5. The van der Waals surface area contributed by atoms with Crippen LogP contribution in [0.5, 0.6) is 0 Å². The number of amides is 1. The minimum Gasteiger partial charge on any atom is -0.511 e. The van der Waals surface area contributed by atoms with Gasteiger partial charge < -0.3 is 15.1 Å². The number of nitrogens with zero attached hydrogens (tertiary/aromatic N) is 1. The Hall–Kier alpha value is -2.37. The van der Waals surface area contributed by atoms with E-state index >= 15 is 0 Å². The molecule has 0 spiro atoms. The van der Waals surface area contributed by atoms with E-state index in [-0.39, 0.29) is 41.4 Å². The summed E-state index contributed by atoms with van der Waals surface area (Å²) in [5.74, 6) is -1.60. The zero-order valence-electron chi connectivity index (χ0n) is 20.1. The van der Waals surface area contributed by atoms with Crippen molar-refractivity contribution in [2.45, 2.75) is 72.8 Å². The number of aliphatic carboxylic acids is 1. The highest BCUT2D eigenvalue weighted by atomic mass is 16.4. The van der Waals surface area contributed by atoms with Crippen LogP contribution in [0.15, 0.2) is 35.1 Å². The highest BCUT2D eigenvalue weighted by Crippen LogP contribution is 2.62. The lowest BCUT2D eigenvalue weighted by molar-refractivity contribution is -0.138. The summed E-state index contributed by atoms with van der Waals surface area (Å²) >= 11 is 0. The molecule has 0 radical (unpaired) electrons. The molecule has 0 aromatic heterocycles. The van der Waals surface area contributed by atoms with Crippen LogP contribution in [0.25, 0.3) is 0 Å². The van der Waals surface area contributed by atoms with Gasteiger partial charge in [0.2, 0.25) is 0 Å². The van der Waals surface area contributed by atoms with Gasteiger partial charge in [-0.15, -0.1) is 0 Å². The Morgan fingerprint density at radius 3 is 2.50 bits per heavy atom. The molecule has 2 N–H and O–H groups in total. The molecule has 0 aromatic carbocycles. The number of carbonyl (C=O) groups is 3. The van der Waals surface area contributed by atoms with Crippen molar-refractivity contribution in [3.63, 3.8) is 0 Å². The number of likely N-dealkylation sites (N-methyl/N-ethyl adjacent to an activating group) is 1. The molecule has 0 aromatic rings. The second kappa shape index (κ2) is 8.53. The summed E-state index contributed by atoms with van der Waals surface area (Å²) in [6.45, 7) is 10.5. The summed E-state index contributed by atoms with van der Waals surface area (Å²) in [6, 6.07) is -0.850. The van der Waals surface area contributed by atoms with Crippen LogP contribution >= 0.6 is 0 Å². The number of fused-ring (bicyclic) bond motifs is 1. The van der Waals surface area contributed by atoms with Crippen LogP contribution in [0.2, 0.25) is 0 Å². The van der Waals surface area contributed by atoms with E-state index in [0.717, 1.165) is 24.8 Å². The number of hydrogen-bond acceptors (Lipinski definition) is 4. The van der Waals surface area contributed by atoms with E-state index in [1.807, 2.05) is 19.9 Å². The summed E-state index contributed by atoms with van der Waals surface area (Å²) < 4.78 is 0. The van der Waals surface area contributed by atoms with Crippen LogP contribution in [-0.4, -0.2) is 45.9 Å². The van der Waals surface area contributed by atoms with E-state index in [4.69, 9.17) is 5.11 Å². The molecule has 1 heterocycles. The monoisotopic (exact) mass is 443 g/mol. The molecule has 3 aliphatic rings. The molecule has 6 atom stereocenters. The maximum atomic E-state index is 13.3. The van der Waals surface area contributed by atoms with Crippen LogP contribution < -0.4 is 0 Å². The molecule has 2 aliphatic carbocycles. The van der Waals surface area contributed by atoms with Crippen molar-refractivity contribution in [1.82, 2.24) is 4.90 Å². The fourth-order valence-corrected chi connectivity index (χ4v) is 6.91. The lowest BCUT2D eigenvalue weighted by Gasteiger charge is -2.57. The second-order valence-corrected chi connectivity index (χ2v) is 10.6. The van der Waals surface area contributed by atoms with Gasteiger partial charge in [0.05, 0.1) is 6.04 Å². The van der Waals surface area contributed by atoms with Crippen LogP contribution in [0, 0.1) is 28.6 Å². The van der Waals surface area contributed by atoms with E-state index in [1.165, 1.54) is 11.9 Å². The van der Waals surface area contributed by atoms with E-state index in [2.05, 4.69) is 32.9 Å². The first kappa shape index (κ1) is 24.3. The van der Waals surface area contributed by atoms with Crippen molar-refractivity contribution in [3.05, 3.63) is 35.1 Å². The minimum atomic E-state index is -1.01. The van der Waals surface area contributed by atoms with E-state index in [0.29, 0.717) is 5.92 Å². The third kappa shape index (κ3) is 3.71. The predicted molar refractivity (Wildman–Crippen MR) is 123 cm³/mol. The second-order valence-electron chi connectivity index (χ2n) is 10.6. The number of aliphatic hydroxyl groups excluding tert-OH is 1. The van der Waals surface area contributed by atoms with E-state index in [9.17, 15) is 19.5 Å². The number of aliphatic hydroxyl groups is 1. The molecular weight excluding hydrogens is 406 g/mol. The first-order valence-corrected chi connectivity index (χ1v) is 11.7. The first-order valence-electron chi connectivity index (χ1n) is 11.7. The number of carboxylic acids is 1. The van der Waals surface area contributed by atoms with Crippen molar-refractivity contribution in [1.29, 1.82) is 0 Å². The van der Waals surface area contributed by atoms with Gasteiger partial charge in [-0.1, -0.05) is 51.0 Å². The fourth-order valence-electron chi connectivity index (χ4n) is 6.91. The van der Waals surface area contributed by atoms with E-state index in [1.54, 1.807) is 0 Å². The Kier molecular flexibility index (Phi) is 6.47. The van der Waals surface area contributed by atoms with Crippen LogP contribution in [0.4, 0.5) is 0 Å². The van der Waals surface area contributed by atoms with Gasteiger partial charge in [0.15, 0.2) is 5.78 Å². The largest absolute Gasteiger partial charge is 0.511 e. The van der Waals surface area contributed by atoms with Crippen molar-refractivity contribution >= 4 is 17.7 Å². The molecule has 6 heteroatoms. The van der Waals surface area contributed by atoms with Crippen molar-refractivity contribution in [2.75, 3.05) is 7.05 Å². The lowest BCUT2D eigenvalue weighted by Crippen LogP contribution is -2.51.